The predicted octanol–water partition coefficient (Wildman–Crippen LogP) is 2.73. The number of phenolic OH excluding ortho intramolecular Hbond substituents is 1. The van der Waals surface area contributed by atoms with Gasteiger partial charge in [0, 0.05) is 22.6 Å². The van der Waals surface area contributed by atoms with Gasteiger partial charge < -0.3 is 14.4 Å². The third-order valence-corrected chi connectivity index (χ3v) is 5.03. The Morgan fingerprint density at radius 2 is 1.76 bits per heavy atom. The average Bonchev–Trinajstić information content (AvgIpc) is 2.63. The third kappa shape index (κ3) is 3.30. The molecule has 0 bridgehead atoms. The molecule has 1 saturated heterocycles. The van der Waals surface area contributed by atoms with Crippen molar-refractivity contribution in [2.75, 3.05) is 13.1 Å². The second kappa shape index (κ2) is 6.73. The number of hydrogen-bond acceptors (Lipinski definition) is 3. The topological polar surface area (TPSA) is 54.9 Å². The summed E-state index contributed by atoms with van der Waals surface area (Å²) >= 11 is 0. The van der Waals surface area contributed by atoms with Crippen LogP contribution in [0.2, 0.25) is 0 Å². The first-order chi connectivity index (χ1) is 12.2. The van der Waals surface area contributed by atoms with Crippen molar-refractivity contribution in [1.29, 1.82) is 0 Å². The largest absolute Gasteiger partial charge is 0.507 e. The van der Waals surface area contributed by atoms with E-state index in [1.54, 1.807) is 18.2 Å². The Bertz CT molecular complexity index is 941. The molecular formula is C21H22NO3+. The van der Waals surface area contributed by atoms with Crippen LogP contribution in [0.1, 0.15) is 24.8 Å². The van der Waals surface area contributed by atoms with Gasteiger partial charge in [-0.05, 0) is 37.0 Å². The van der Waals surface area contributed by atoms with Crippen molar-refractivity contribution < 1.29 is 14.4 Å². The van der Waals surface area contributed by atoms with Crippen LogP contribution in [0, 0.1) is 0 Å². The fourth-order valence-electron chi connectivity index (χ4n) is 3.75. The summed E-state index contributed by atoms with van der Waals surface area (Å²) in [5.41, 5.74) is 2.74. The minimum atomic E-state index is -0.330. The van der Waals surface area contributed by atoms with Crippen LogP contribution in [0.4, 0.5) is 0 Å². The standard InChI is InChI=1S/C21H21NO3/c23-19-12-18-16(14-22-9-5-2-6-10-22)11-21(24)25-20(18)13-17(19)15-7-3-1-4-8-15/h1,3-4,7-8,11-13,23H,2,5-6,9-10,14H2/p+1. The maximum Gasteiger partial charge on any atom is 0.336 e. The number of nitrogens with one attached hydrogen (secondary N) is 1. The zero-order chi connectivity index (χ0) is 17.2. The molecule has 0 unspecified atom stereocenters. The van der Waals surface area contributed by atoms with E-state index in [1.165, 1.54) is 24.2 Å². The van der Waals surface area contributed by atoms with Crippen molar-refractivity contribution in [3.8, 4) is 16.9 Å². The predicted molar refractivity (Wildman–Crippen MR) is 97.8 cm³/mol. The van der Waals surface area contributed by atoms with Crippen LogP contribution in [-0.2, 0) is 6.54 Å². The van der Waals surface area contributed by atoms with Crippen molar-refractivity contribution in [2.45, 2.75) is 25.8 Å². The SMILES string of the molecule is O=c1cc(C[NH+]2CCCCC2)c2cc(O)c(-c3ccccc3)cc2o1. The lowest BCUT2D eigenvalue weighted by molar-refractivity contribution is -0.918. The van der Waals surface area contributed by atoms with Crippen LogP contribution < -0.4 is 10.5 Å². The van der Waals surface area contributed by atoms with Crippen molar-refractivity contribution in [3.63, 3.8) is 0 Å². The van der Waals surface area contributed by atoms with Crippen molar-refractivity contribution >= 4 is 11.0 Å². The first kappa shape index (κ1) is 15.9. The molecule has 0 spiro atoms. The molecule has 4 nitrogen and oxygen atoms in total. The molecule has 4 rings (SSSR count). The third-order valence-electron chi connectivity index (χ3n) is 5.03. The van der Waals surface area contributed by atoms with Crippen molar-refractivity contribution in [2.24, 2.45) is 0 Å². The molecule has 4 heteroatoms. The van der Waals surface area contributed by atoms with Gasteiger partial charge in [0.1, 0.15) is 17.9 Å². The Morgan fingerprint density at radius 3 is 2.52 bits per heavy atom. The Hall–Kier alpha value is -2.59. The molecule has 0 atom stereocenters. The van der Waals surface area contributed by atoms with E-state index in [2.05, 4.69) is 0 Å². The average molecular weight is 336 g/mol. The van der Waals surface area contributed by atoms with Gasteiger partial charge in [0.15, 0.2) is 0 Å². The highest BCUT2D eigenvalue weighted by molar-refractivity contribution is 5.88. The van der Waals surface area contributed by atoms with Gasteiger partial charge >= 0.3 is 5.63 Å². The number of hydrogen-bond donors (Lipinski definition) is 2. The lowest BCUT2D eigenvalue weighted by Crippen LogP contribution is -3.11. The fourth-order valence-corrected chi connectivity index (χ4v) is 3.75. The summed E-state index contributed by atoms with van der Waals surface area (Å²) in [4.78, 5) is 13.5. The van der Waals surface area contributed by atoms with E-state index >= 15 is 0 Å². The molecule has 0 aliphatic carbocycles. The summed E-state index contributed by atoms with van der Waals surface area (Å²) in [5, 5.41) is 11.4. The summed E-state index contributed by atoms with van der Waals surface area (Å²) in [7, 11) is 0. The molecule has 0 radical (unpaired) electrons. The number of aromatic hydroxyl groups is 1. The molecule has 2 N–H and O–H groups in total. The van der Waals surface area contributed by atoms with Gasteiger partial charge in [-0.25, -0.2) is 4.79 Å². The van der Waals surface area contributed by atoms with Crippen LogP contribution in [0.25, 0.3) is 22.1 Å². The Labute approximate surface area is 146 Å². The highest BCUT2D eigenvalue weighted by Gasteiger charge is 2.18. The molecule has 128 valence electrons. The number of rotatable bonds is 3. The second-order valence-electron chi connectivity index (χ2n) is 6.81. The summed E-state index contributed by atoms with van der Waals surface area (Å²) < 4.78 is 5.43. The summed E-state index contributed by atoms with van der Waals surface area (Å²) in [5.74, 6) is 0.211. The molecule has 1 aliphatic rings. The van der Waals surface area contributed by atoms with Crippen LogP contribution >= 0.6 is 0 Å². The molecule has 25 heavy (non-hydrogen) atoms. The summed E-state index contributed by atoms with van der Waals surface area (Å²) in [6.07, 6.45) is 3.76. The van der Waals surface area contributed by atoms with E-state index in [1.807, 2.05) is 30.3 Å². The molecule has 0 amide bonds. The van der Waals surface area contributed by atoms with Gasteiger partial charge in [-0.1, -0.05) is 30.3 Å². The van der Waals surface area contributed by atoms with Crippen molar-refractivity contribution in [1.82, 2.24) is 0 Å². The number of piperidine rings is 1. The number of fused-ring (bicyclic) bond motifs is 1. The molecule has 2 aromatic carbocycles. The van der Waals surface area contributed by atoms with Crippen LogP contribution in [-0.4, -0.2) is 18.2 Å². The molecule has 1 aromatic heterocycles. The van der Waals surface area contributed by atoms with Gasteiger partial charge in [0.2, 0.25) is 0 Å². The molecule has 3 aromatic rings. The quantitative estimate of drug-likeness (QED) is 0.723. The smallest absolute Gasteiger partial charge is 0.336 e. The van der Waals surface area contributed by atoms with Crippen LogP contribution in [0.15, 0.2) is 57.7 Å². The summed E-state index contributed by atoms with van der Waals surface area (Å²) in [6.45, 7) is 3.07. The maximum atomic E-state index is 12.0. The van der Waals surface area contributed by atoms with E-state index in [4.69, 9.17) is 4.42 Å². The number of quaternary nitrogens is 1. The van der Waals surface area contributed by atoms with E-state index < -0.39 is 0 Å². The van der Waals surface area contributed by atoms with Crippen LogP contribution in [0.5, 0.6) is 5.75 Å². The molecule has 1 fully saturated rings. The number of benzene rings is 2. The monoisotopic (exact) mass is 336 g/mol. The first-order valence-electron chi connectivity index (χ1n) is 8.89. The highest BCUT2D eigenvalue weighted by Crippen LogP contribution is 2.33. The lowest BCUT2D eigenvalue weighted by Gasteiger charge is -2.23. The Balaban J connectivity index is 1.80. The molecular weight excluding hydrogens is 314 g/mol. The van der Waals surface area contributed by atoms with Crippen molar-refractivity contribution in [3.05, 3.63) is 64.5 Å². The highest BCUT2D eigenvalue weighted by atomic mass is 16.4. The normalized spacial score (nSPS) is 15.5. The fraction of sp³-hybridized carbons (Fsp3) is 0.286. The van der Waals surface area contributed by atoms with Gasteiger partial charge in [0.25, 0.3) is 0 Å². The van der Waals surface area contributed by atoms with Crippen LogP contribution in [0.3, 0.4) is 0 Å². The van der Waals surface area contributed by atoms with Gasteiger partial charge in [-0.2, -0.15) is 0 Å². The minimum Gasteiger partial charge on any atom is -0.507 e. The molecule has 0 saturated carbocycles. The van der Waals surface area contributed by atoms with E-state index in [0.717, 1.165) is 36.1 Å². The first-order valence-corrected chi connectivity index (χ1v) is 8.89. The van der Waals surface area contributed by atoms with E-state index in [-0.39, 0.29) is 11.4 Å². The van der Waals surface area contributed by atoms with Gasteiger partial charge in [-0.3, -0.25) is 0 Å². The molecule has 2 heterocycles. The minimum absolute atomic E-state index is 0.211. The zero-order valence-corrected chi connectivity index (χ0v) is 14.1. The summed E-state index contributed by atoms with van der Waals surface area (Å²) in [6, 6.07) is 14.7. The van der Waals surface area contributed by atoms with E-state index in [0.29, 0.717) is 11.1 Å². The van der Waals surface area contributed by atoms with Gasteiger partial charge in [0.05, 0.1) is 13.1 Å². The number of likely N-dealkylation sites (tertiary alicyclic amines) is 1. The molecule has 1 aliphatic heterocycles. The maximum absolute atomic E-state index is 12.0. The number of phenols is 1. The van der Waals surface area contributed by atoms with Gasteiger partial charge in [-0.15, -0.1) is 0 Å². The second-order valence-corrected chi connectivity index (χ2v) is 6.81. The van der Waals surface area contributed by atoms with E-state index in [9.17, 15) is 9.90 Å². The Morgan fingerprint density at radius 1 is 1.00 bits per heavy atom. The Kier molecular flexibility index (Phi) is 4.28. The zero-order valence-electron chi connectivity index (χ0n) is 14.1. The lowest BCUT2D eigenvalue weighted by atomic mass is 10.0.